The Balaban J connectivity index is 2.91. The monoisotopic (exact) mass is 271 g/mol. The number of nitrogens with zero attached hydrogens (tertiary/aromatic N) is 1. The topological polar surface area (TPSA) is 57.6 Å². The molecule has 0 bridgehead atoms. The SMILES string of the molecule is CCCCCN(C)S(=O)(=O)c1ccccc1CO. The van der Waals surface area contributed by atoms with Gasteiger partial charge in [-0.05, 0) is 18.1 Å². The summed E-state index contributed by atoms with van der Waals surface area (Å²) in [5, 5.41) is 9.19. The fourth-order valence-corrected chi connectivity index (χ4v) is 3.18. The first-order chi connectivity index (χ1) is 8.54. The standard InChI is InChI=1S/C13H21NO3S/c1-3-4-7-10-14(2)18(16,17)13-9-6-5-8-12(13)11-15/h5-6,8-9,15H,3-4,7,10-11H2,1-2H3. The molecule has 102 valence electrons. The molecule has 0 aliphatic carbocycles. The minimum atomic E-state index is -3.49. The maximum absolute atomic E-state index is 12.3. The predicted octanol–water partition coefficient (Wildman–Crippen LogP) is 1.99. The van der Waals surface area contributed by atoms with Gasteiger partial charge in [0.15, 0.2) is 0 Å². The largest absolute Gasteiger partial charge is 0.392 e. The van der Waals surface area contributed by atoms with E-state index >= 15 is 0 Å². The Morgan fingerprint density at radius 1 is 1.22 bits per heavy atom. The van der Waals surface area contributed by atoms with Crippen LogP contribution in [0.2, 0.25) is 0 Å². The van der Waals surface area contributed by atoms with Gasteiger partial charge in [-0.3, -0.25) is 0 Å². The van der Waals surface area contributed by atoms with E-state index in [0.717, 1.165) is 19.3 Å². The van der Waals surface area contributed by atoms with Crippen molar-refractivity contribution in [1.29, 1.82) is 0 Å². The number of aliphatic hydroxyl groups is 1. The fraction of sp³-hybridized carbons (Fsp3) is 0.538. The normalized spacial score (nSPS) is 12.0. The molecule has 0 heterocycles. The van der Waals surface area contributed by atoms with Crippen molar-refractivity contribution < 1.29 is 13.5 Å². The highest BCUT2D eigenvalue weighted by Crippen LogP contribution is 2.19. The molecule has 0 fully saturated rings. The van der Waals surface area contributed by atoms with Crippen LogP contribution in [0.4, 0.5) is 0 Å². The smallest absolute Gasteiger partial charge is 0.243 e. The Kier molecular flexibility index (Phi) is 5.78. The van der Waals surface area contributed by atoms with Gasteiger partial charge in [-0.25, -0.2) is 12.7 Å². The molecule has 5 heteroatoms. The molecule has 1 aromatic rings. The third-order valence-corrected chi connectivity index (χ3v) is 4.87. The molecule has 4 nitrogen and oxygen atoms in total. The molecule has 0 spiro atoms. The number of hydrogen-bond donors (Lipinski definition) is 1. The first-order valence-electron chi connectivity index (χ1n) is 6.19. The molecular formula is C13H21NO3S. The van der Waals surface area contributed by atoms with Gasteiger partial charge in [0.1, 0.15) is 0 Å². The van der Waals surface area contributed by atoms with Crippen molar-refractivity contribution in [3.05, 3.63) is 29.8 Å². The second-order valence-electron chi connectivity index (χ2n) is 4.30. The van der Waals surface area contributed by atoms with Crippen LogP contribution in [0.3, 0.4) is 0 Å². The Morgan fingerprint density at radius 3 is 2.50 bits per heavy atom. The maximum atomic E-state index is 12.3. The summed E-state index contributed by atoms with van der Waals surface area (Å²) in [5.41, 5.74) is 0.444. The molecule has 18 heavy (non-hydrogen) atoms. The van der Waals surface area contributed by atoms with E-state index in [1.54, 1.807) is 25.2 Å². The zero-order valence-corrected chi connectivity index (χ0v) is 11.8. The van der Waals surface area contributed by atoms with Crippen molar-refractivity contribution in [3.8, 4) is 0 Å². The molecule has 1 aromatic carbocycles. The zero-order valence-electron chi connectivity index (χ0n) is 11.0. The second kappa shape index (κ2) is 6.87. The molecule has 0 amide bonds. The minimum absolute atomic E-state index is 0.200. The molecule has 0 atom stereocenters. The van der Waals surface area contributed by atoms with Crippen LogP contribution >= 0.6 is 0 Å². The van der Waals surface area contributed by atoms with Gasteiger partial charge in [0.05, 0.1) is 11.5 Å². The molecule has 0 aromatic heterocycles. The lowest BCUT2D eigenvalue weighted by Gasteiger charge is -2.18. The summed E-state index contributed by atoms with van der Waals surface area (Å²) in [5.74, 6) is 0. The lowest BCUT2D eigenvalue weighted by molar-refractivity contribution is 0.278. The summed E-state index contributed by atoms with van der Waals surface area (Å²) >= 11 is 0. The number of unbranched alkanes of at least 4 members (excludes halogenated alkanes) is 2. The minimum Gasteiger partial charge on any atom is -0.392 e. The maximum Gasteiger partial charge on any atom is 0.243 e. The summed E-state index contributed by atoms with van der Waals surface area (Å²) in [7, 11) is -1.91. The van der Waals surface area contributed by atoms with E-state index in [-0.39, 0.29) is 11.5 Å². The predicted molar refractivity (Wildman–Crippen MR) is 71.7 cm³/mol. The van der Waals surface area contributed by atoms with Gasteiger partial charge in [0, 0.05) is 13.6 Å². The summed E-state index contributed by atoms with van der Waals surface area (Å²) in [6.07, 6.45) is 2.93. The summed E-state index contributed by atoms with van der Waals surface area (Å²) in [4.78, 5) is 0.200. The molecular weight excluding hydrogens is 250 g/mol. The lowest BCUT2D eigenvalue weighted by Crippen LogP contribution is -2.28. The average Bonchev–Trinajstić information content (AvgIpc) is 2.38. The van der Waals surface area contributed by atoms with Crippen LogP contribution in [-0.2, 0) is 16.6 Å². The Labute approximate surface area is 109 Å². The molecule has 0 aliphatic heterocycles. The highest BCUT2D eigenvalue weighted by Gasteiger charge is 2.22. The van der Waals surface area contributed by atoms with Crippen LogP contribution in [-0.4, -0.2) is 31.4 Å². The van der Waals surface area contributed by atoms with Gasteiger partial charge in [0.2, 0.25) is 10.0 Å². The molecule has 0 radical (unpaired) electrons. The van der Waals surface area contributed by atoms with Crippen molar-refractivity contribution >= 4 is 10.0 Å². The number of aliphatic hydroxyl groups excluding tert-OH is 1. The number of hydrogen-bond acceptors (Lipinski definition) is 3. The van der Waals surface area contributed by atoms with E-state index in [4.69, 9.17) is 0 Å². The molecule has 0 aliphatic rings. The Bertz CT molecular complexity index is 471. The average molecular weight is 271 g/mol. The van der Waals surface area contributed by atoms with Crippen LogP contribution in [0.5, 0.6) is 0 Å². The fourth-order valence-electron chi connectivity index (χ4n) is 1.76. The van der Waals surface area contributed by atoms with Crippen LogP contribution < -0.4 is 0 Å². The van der Waals surface area contributed by atoms with Crippen molar-refractivity contribution in [2.45, 2.75) is 37.7 Å². The van der Waals surface area contributed by atoms with Crippen LogP contribution in [0.15, 0.2) is 29.2 Å². The molecule has 0 saturated heterocycles. The number of benzene rings is 1. The van der Waals surface area contributed by atoms with Crippen LogP contribution in [0.1, 0.15) is 31.7 Å². The van der Waals surface area contributed by atoms with E-state index in [0.29, 0.717) is 12.1 Å². The highest BCUT2D eigenvalue weighted by molar-refractivity contribution is 7.89. The van der Waals surface area contributed by atoms with Gasteiger partial charge in [0.25, 0.3) is 0 Å². The molecule has 1 rings (SSSR count). The molecule has 0 unspecified atom stereocenters. The lowest BCUT2D eigenvalue weighted by atomic mass is 10.2. The van der Waals surface area contributed by atoms with Crippen molar-refractivity contribution in [3.63, 3.8) is 0 Å². The van der Waals surface area contributed by atoms with E-state index in [1.807, 2.05) is 0 Å². The van der Waals surface area contributed by atoms with Crippen LogP contribution in [0, 0.1) is 0 Å². The van der Waals surface area contributed by atoms with Crippen molar-refractivity contribution in [1.82, 2.24) is 4.31 Å². The van der Waals surface area contributed by atoms with Gasteiger partial charge < -0.3 is 5.11 Å². The number of sulfonamides is 1. The Morgan fingerprint density at radius 2 is 1.89 bits per heavy atom. The first-order valence-corrected chi connectivity index (χ1v) is 7.63. The molecule has 1 N–H and O–H groups in total. The third kappa shape index (κ3) is 3.54. The van der Waals surface area contributed by atoms with Crippen molar-refractivity contribution in [2.24, 2.45) is 0 Å². The summed E-state index contributed by atoms with van der Waals surface area (Å²) in [6.45, 7) is 2.32. The second-order valence-corrected chi connectivity index (χ2v) is 6.31. The van der Waals surface area contributed by atoms with E-state index < -0.39 is 10.0 Å². The summed E-state index contributed by atoms with van der Waals surface area (Å²) < 4.78 is 26.0. The van der Waals surface area contributed by atoms with E-state index in [9.17, 15) is 13.5 Å². The van der Waals surface area contributed by atoms with Crippen molar-refractivity contribution in [2.75, 3.05) is 13.6 Å². The zero-order chi connectivity index (χ0) is 13.6. The van der Waals surface area contributed by atoms with Gasteiger partial charge >= 0.3 is 0 Å². The van der Waals surface area contributed by atoms with Gasteiger partial charge in [-0.1, -0.05) is 38.0 Å². The Hall–Kier alpha value is -0.910. The third-order valence-electron chi connectivity index (χ3n) is 2.91. The van der Waals surface area contributed by atoms with E-state index in [1.165, 1.54) is 10.4 Å². The van der Waals surface area contributed by atoms with E-state index in [2.05, 4.69) is 6.92 Å². The number of rotatable bonds is 7. The highest BCUT2D eigenvalue weighted by atomic mass is 32.2. The quantitative estimate of drug-likeness (QED) is 0.772. The van der Waals surface area contributed by atoms with Gasteiger partial charge in [-0.15, -0.1) is 0 Å². The summed E-state index contributed by atoms with van der Waals surface area (Å²) in [6, 6.07) is 6.57. The van der Waals surface area contributed by atoms with Crippen LogP contribution in [0.25, 0.3) is 0 Å². The first kappa shape index (κ1) is 15.1. The van der Waals surface area contributed by atoms with Gasteiger partial charge in [-0.2, -0.15) is 0 Å². The molecule has 0 saturated carbocycles.